The topological polar surface area (TPSA) is 78.6 Å². The number of nitrogens with zero attached hydrogens (tertiary/aromatic N) is 1. The first-order valence-electron chi connectivity index (χ1n) is 10.1. The van der Waals surface area contributed by atoms with E-state index in [1.54, 1.807) is 0 Å². The van der Waals surface area contributed by atoms with Gasteiger partial charge in [0.05, 0.1) is 6.10 Å². The van der Waals surface area contributed by atoms with Crippen LogP contribution in [0.2, 0.25) is 0 Å². The Morgan fingerprint density at radius 3 is 2.46 bits per heavy atom. The Labute approximate surface area is 181 Å². The lowest BCUT2D eigenvalue weighted by atomic mass is 9.93. The lowest BCUT2D eigenvalue weighted by Crippen LogP contribution is -2.42. The van der Waals surface area contributed by atoms with Gasteiger partial charge >= 0.3 is 0 Å². The third kappa shape index (κ3) is 6.89. The Morgan fingerprint density at radius 2 is 1.82 bits per heavy atom. The van der Waals surface area contributed by atoms with E-state index in [9.17, 15) is 9.90 Å². The molecule has 3 atom stereocenters. The van der Waals surface area contributed by atoms with Crippen LogP contribution in [-0.2, 0) is 4.79 Å². The van der Waals surface area contributed by atoms with E-state index in [0.29, 0.717) is 24.9 Å². The van der Waals surface area contributed by atoms with E-state index in [-0.39, 0.29) is 36.6 Å². The van der Waals surface area contributed by atoms with Crippen molar-refractivity contribution in [3.05, 3.63) is 35.9 Å². The molecule has 1 amide bonds. The first kappa shape index (κ1) is 25.2. The second-order valence-corrected chi connectivity index (χ2v) is 7.95. The standard InChI is InChI=1S/C21H33N3O2.2ClH/c22-13-18-7-4-8-19(18)21(26)23-14-16-9-11-24(12-10-16)15-20(25)17-5-2-1-3-6-17;;/h1-3,5-6,16,18-20,25H,4,7-15,22H2,(H,23,26);2*1H/t18-,19-,20?;;/m1../s1. The minimum Gasteiger partial charge on any atom is -0.387 e. The summed E-state index contributed by atoms with van der Waals surface area (Å²) in [6.45, 7) is 4.06. The summed E-state index contributed by atoms with van der Waals surface area (Å²) in [4.78, 5) is 14.7. The summed E-state index contributed by atoms with van der Waals surface area (Å²) < 4.78 is 0. The lowest BCUT2D eigenvalue weighted by Gasteiger charge is -2.33. The summed E-state index contributed by atoms with van der Waals surface area (Å²) in [5.74, 6) is 1.25. The van der Waals surface area contributed by atoms with Crippen LogP contribution in [0.3, 0.4) is 0 Å². The van der Waals surface area contributed by atoms with Gasteiger partial charge in [-0.3, -0.25) is 4.79 Å². The number of piperidine rings is 1. The Kier molecular flexibility index (Phi) is 11.4. The molecular formula is C21H35Cl2N3O2. The molecule has 7 heteroatoms. The van der Waals surface area contributed by atoms with Crippen LogP contribution < -0.4 is 11.1 Å². The van der Waals surface area contributed by atoms with Crippen molar-refractivity contribution in [1.82, 2.24) is 10.2 Å². The summed E-state index contributed by atoms with van der Waals surface area (Å²) in [5, 5.41) is 13.6. The summed E-state index contributed by atoms with van der Waals surface area (Å²) in [5.41, 5.74) is 6.77. The minimum absolute atomic E-state index is 0. The van der Waals surface area contributed by atoms with Crippen LogP contribution in [0, 0.1) is 17.8 Å². The molecule has 5 nitrogen and oxygen atoms in total. The molecule has 0 bridgehead atoms. The number of carbonyl (C=O) groups excluding carboxylic acids is 1. The SMILES string of the molecule is Cl.Cl.NC[C@H]1CCC[C@H]1C(=O)NCC1CCN(CC(O)c2ccccc2)CC1. The number of benzene rings is 1. The summed E-state index contributed by atoms with van der Waals surface area (Å²) in [6, 6.07) is 9.85. The second kappa shape index (κ2) is 12.7. The van der Waals surface area contributed by atoms with Gasteiger partial charge in [-0.1, -0.05) is 36.8 Å². The molecule has 4 N–H and O–H groups in total. The largest absolute Gasteiger partial charge is 0.387 e. The number of halogens is 2. The highest BCUT2D eigenvalue weighted by Crippen LogP contribution is 2.31. The Balaban J connectivity index is 0.00000196. The molecule has 1 aromatic rings. The molecular weight excluding hydrogens is 397 g/mol. The molecule has 1 unspecified atom stereocenters. The fourth-order valence-corrected chi connectivity index (χ4v) is 4.44. The van der Waals surface area contributed by atoms with Crippen molar-refractivity contribution in [3.63, 3.8) is 0 Å². The van der Waals surface area contributed by atoms with E-state index in [2.05, 4.69) is 10.2 Å². The maximum Gasteiger partial charge on any atom is 0.223 e. The quantitative estimate of drug-likeness (QED) is 0.619. The van der Waals surface area contributed by atoms with Gasteiger partial charge in [0, 0.05) is 19.0 Å². The Bertz CT molecular complexity index is 568. The van der Waals surface area contributed by atoms with Crippen LogP contribution in [0.15, 0.2) is 30.3 Å². The van der Waals surface area contributed by atoms with Crippen molar-refractivity contribution in [2.75, 3.05) is 32.7 Å². The molecule has 1 aliphatic carbocycles. The number of β-amino-alcohol motifs (C(OH)–C–C–N with tert-alkyl or cyclic N) is 1. The molecule has 2 fully saturated rings. The molecule has 1 aliphatic heterocycles. The van der Waals surface area contributed by atoms with Gasteiger partial charge < -0.3 is 21.1 Å². The highest BCUT2D eigenvalue weighted by molar-refractivity contribution is 5.85. The number of rotatable bonds is 7. The fraction of sp³-hybridized carbons (Fsp3) is 0.667. The Hall–Kier alpha value is -0.850. The van der Waals surface area contributed by atoms with E-state index in [0.717, 1.165) is 57.3 Å². The van der Waals surface area contributed by atoms with Crippen molar-refractivity contribution in [2.45, 2.75) is 38.2 Å². The number of amides is 1. The molecule has 3 rings (SSSR count). The lowest BCUT2D eigenvalue weighted by molar-refractivity contribution is -0.126. The van der Waals surface area contributed by atoms with Crippen molar-refractivity contribution in [1.29, 1.82) is 0 Å². The number of hydrogen-bond donors (Lipinski definition) is 3. The number of nitrogens with one attached hydrogen (secondary N) is 1. The van der Waals surface area contributed by atoms with Crippen molar-refractivity contribution in [2.24, 2.45) is 23.5 Å². The molecule has 0 spiro atoms. The molecule has 160 valence electrons. The third-order valence-corrected chi connectivity index (χ3v) is 6.19. The smallest absolute Gasteiger partial charge is 0.223 e. The van der Waals surface area contributed by atoms with Crippen LogP contribution >= 0.6 is 24.8 Å². The van der Waals surface area contributed by atoms with Gasteiger partial charge in [-0.15, -0.1) is 24.8 Å². The summed E-state index contributed by atoms with van der Waals surface area (Å²) in [7, 11) is 0. The Morgan fingerprint density at radius 1 is 1.14 bits per heavy atom. The van der Waals surface area contributed by atoms with Crippen LogP contribution in [0.1, 0.15) is 43.8 Å². The van der Waals surface area contributed by atoms with Crippen LogP contribution in [0.4, 0.5) is 0 Å². The zero-order valence-corrected chi connectivity index (χ0v) is 18.1. The molecule has 1 saturated heterocycles. The molecule has 1 aromatic carbocycles. The van der Waals surface area contributed by atoms with Crippen molar-refractivity contribution < 1.29 is 9.90 Å². The number of likely N-dealkylation sites (tertiary alicyclic amines) is 1. The number of carbonyl (C=O) groups is 1. The van der Waals surface area contributed by atoms with Gasteiger partial charge in [0.2, 0.25) is 5.91 Å². The van der Waals surface area contributed by atoms with Gasteiger partial charge in [-0.25, -0.2) is 0 Å². The van der Waals surface area contributed by atoms with E-state index >= 15 is 0 Å². The van der Waals surface area contributed by atoms with E-state index in [4.69, 9.17) is 5.73 Å². The molecule has 28 heavy (non-hydrogen) atoms. The van der Waals surface area contributed by atoms with Crippen LogP contribution in [0.25, 0.3) is 0 Å². The maximum absolute atomic E-state index is 12.4. The highest BCUT2D eigenvalue weighted by Gasteiger charge is 2.32. The molecule has 1 saturated carbocycles. The first-order valence-corrected chi connectivity index (χ1v) is 10.1. The maximum atomic E-state index is 12.4. The predicted molar refractivity (Wildman–Crippen MR) is 118 cm³/mol. The molecule has 1 heterocycles. The van der Waals surface area contributed by atoms with Crippen molar-refractivity contribution >= 4 is 30.7 Å². The van der Waals surface area contributed by atoms with E-state index in [1.807, 2.05) is 30.3 Å². The first-order chi connectivity index (χ1) is 12.7. The predicted octanol–water partition coefficient (Wildman–Crippen LogP) is 2.77. The fourth-order valence-electron chi connectivity index (χ4n) is 4.44. The summed E-state index contributed by atoms with van der Waals surface area (Å²) in [6.07, 6.45) is 4.94. The number of aliphatic hydroxyl groups is 1. The van der Waals surface area contributed by atoms with Crippen LogP contribution in [0.5, 0.6) is 0 Å². The van der Waals surface area contributed by atoms with Gasteiger partial charge in [-0.2, -0.15) is 0 Å². The van der Waals surface area contributed by atoms with Gasteiger partial charge in [0.1, 0.15) is 0 Å². The zero-order valence-electron chi connectivity index (χ0n) is 16.5. The summed E-state index contributed by atoms with van der Waals surface area (Å²) >= 11 is 0. The normalized spacial score (nSPS) is 24.1. The highest BCUT2D eigenvalue weighted by atomic mass is 35.5. The second-order valence-electron chi connectivity index (χ2n) is 7.95. The van der Waals surface area contributed by atoms with Gasteiger partial charge in [0.15, 0.2) is 0 Å². The zero-order chi connectivity index (χ0) is 18.4. The van der Waals surface area contributed by atoms with Crippen LogP contribution in [-0.4, -0.2) is 48.6 Å². The molecule has 0 aromatic heterocycles. The molecule has 2 aliphatic rings. The molecule has 0 radical (unpaired) electrons. The van der Waals surface area contributed by atoms with Gasteiger partial charge in [-0.05, 0) is 62.7 Å². The number of nitrogens with two attached hydrogens (primary N) is 1. The van der Waals surface area contributed by atoms with E-state index < -0.39 is 6.10 Å². The van der Waals surface area contributed by atoms with Crippen molar-refractivity contribution in [3.8, 4) is 0 Å². The number of hydrogen-bond acceptors (Lipinski definition) is 4. The average Bonchev–Trinajstić information content (AvgIpc) is 3.17. The van der Waals surface area contributed by atoms with Gasteiger partial charge in [0.25, 0.3) is 0 Å². The number of aliphatic hydroxyl groups excluding tert-OH is 1. The van der Waals surface area contributed by atoms with E-state index in [1.165, 1.54) is 0 Å². The third-order valence-electron chi connectivity index (χ3n) is 6.19. The monoisotopic (exact) mass is 431 g/mol. The average molecular weight is 432 g/mol. The minimum atomic E-state index is -0.428.